The molecular formula is C21H23N3O2S. The van der Waals surface area contributed by atoms with E-state index in [4.69, 9.17) is 0 Å². The van der Waals surface area contributed by atoms with Gasteiger partial charge >= 0.3 is 0 Å². The summed E-state index contributed by atoms with van der Waals surface area (Å²) < 4.78 is 0. The number of aryl methyl sites for hydroxylation is 2. The largest absolute Gasteiger partial charge is 0.325 e. The van der Waals surface area contributed by atoms with Crippen molar-refractivity contribution in [3.8, 4) is 0 Å². The molecule has 1 unspecified atom stereocenters. The van der Waals surface area contributed by atoms with Gasteiger partial charge in [0, 0.05) is 18.7 Å². The predicted molar refractivity (Wildman–Crippen MR) is 111 cm³/mol. The SMILES string of the molecule is CCN1C(=O)CC(C(=O)Nc2ccccc2)SC1=Nc1ccc(C)c(C)c1. The molecule has 1 fully saturated rings. The van der Waals surface area contributed by atoms with Crippen LogP contribution in [0.15, 0.2) is 53.5 Å². The molecule has 5 nitrogen and oxygen atoms in total. The summed E-state index contributed by atoms with van der Waals surface area (Å²) in [5.74, 6) is -0.255. The van der Waals surface area contributed by atoms with Gasteiger partial charge in [-0.05, 0) is 56.2 Å². The van der Waals surface area contributed by atoms with E-state index in [2.05, 4.69) is 10.3 Å². The minimum absolute atomic E-state index is 0.0768. The second kappa shape index (κ2) is 8.39. The molecular weight excluding hydrogens is 358 g/mol. The topological polar surface area (TPSA) is 61.8 Å². The summed E-state index contributed by atoms with van der Waals surface area (Å²) in [5, 5.41) is 2.96. The molecule has 0 aromatic heterocycles. The molecule has 1 heterocycles. The second-order valence-electron chi connectivity index (χ2n) is 6.47. The summed E-state index contributed by atoms with van der Waals surface area (Å²) >= 11 is 1.34. The number of aliphatic imine (C=N–C) groups is 1. The molecule has 0 saturated carbocycles. The Balaban J connectivity index is 1.83. The van der Waals surface area contributed by atoms with Crippen LogP contribution in [-0.2, 0) is 9.59 Å². The van der Waals surface area contributed by atoms with Gasteiger partial charge in [0.15, 0.2) is 5.17 Å². The average molecular weight is 382 g/mol. The first-order valence-corrected chi connectivity index (χ1v) is 9.84. The highest BCUT2D eigenvalue weighted by Crippen LogP contribution is 2.30. The maximum atomic E-state index is 12.6. The monoisotopic (exact) mass is 381 g/mol. The van der Waals surface area contributed by atoms with Crippen molar-refractivity contribution in [2.24, 2.45) is 4.99 Å². The first kappa shape index (κ1) is 19.2. The molecule has 2 amide bonds. The summed E-state index contributed by atoms with van der Waals surface area (Å²) in [7, 11) is 0. The average Bonchev–Trinajstić information content (AvgIpc) is 2.65. The minimum Gasteiger partial charge on any atom is -0.325 e. The molecule has 0 radical (unpaired) electrons. The number of carbonyl (C=O) groups excluding carboxylic acids is 2. The molecule has 2 aromatic rings. The fourth-order valence-electron chi connectivity index (χ4n) is 2.80. The van der Waals surface area contributed by atoms with E-state index >= 15 is 0 Å². The molecule has 1 aliphatic heterocycles. The quantitative estimate of drug-likeness (QED) is 0.860. The van der Waals surface area contributed by atoms with Gasteiger partial charge in [-0.3, -0.25) is 14.5 Å². The Morgan fingerprint density at radius 2 is 1.93 bits per heavy atom. The zero-order chi connectivity index (χ0) is 19.4. The van der Waals surface area contributed by atoms with E-state index in [0.717, 1.165) is 16.9 Å². The Labute approximate surface area is 163 Å². The van der Waals surface area contributed by atoms with Crippen LogP contribution in [0.2, 0.25) is 0 Å². The van der Waals surface area contributed by atoms with Crippen molar-refractivity contribution in [3.63, 3.8) is 0 Å². The highest BCUT2D eigenvalue weighted by Gasteiger charge is 2.35. The molecule has 0 bridgehead atoms. The third kappa shape index (κ3) is 4.57. The molecule has 27 heavy (non-hydrogen) atoms. The van der Waals surface area contributed by atoms with Crippen molar-refractivity contribution in [3.05, 3.63) is 59.7 Å². The smallest absolute Gasteiger partial charge is 0.238 e. The van der Waals surface area contributed by atoms with Gasteiger partial charge < -0.3 is 5.32 Å². The number of hydrogen-bond donors (Lipinski definition) is 1. The van der Waals surface area contributed by atoms with Crippen molar-refractivity contribution in [1.82, 2.24) is 4.90 Å². The molecule has 3 rings (SSSR count). The third-order valence-corrected chi connectivity index (χ3v) is 5.69. The lowest BCUT2D eigenvalue weighted by Gasteiger charge is -2.31. The zero-order valence-corrected chi connectivity index (χ0v) is 16.5. The molecule has 0 aliphatic carbocycles. The van der Waals surface area contributed by atoms with Gasteiger partial charge in [-0.1, -0.05) is 36.0 Å². The lowest BCUT2D eigenvalue weighted by molar-refractivity contribution is -0.129. The molecule has 140 valence electrons. The standard InChI is InChI=1S/C21H23N3O2S/c1-4-24-19(25)13-18(20(26)22-16-8-6-5-7-9-16)27-21(24)23-17-11-10-14(2)15(3)12-17/h5-12,18H,4,13H2,1-3H3,(H,22,26). The van der Waals surface area contributed by atoms with Gasteiger partial charge in [0.25, 0.3) is 0 Å². The number of rotatable bonds is 4. The van der Waals surface area contributed by atoms with Crippen LogP contribution in [0, 0.1) is 13.8 Å². The lowest BCUT2D eigenvalue weighted by Crippen LogP contribution is -2.45. The van der Waals surface area contributed by atoms with Crippen LogP contribution < -0.4 is 5.32 Å². The van der Waals surface area contributed by atoms with Crippen LogP contribution >= 0.6 is 11.8 Å². The highest BCUT2D eigenvalue weighted by molar-refractivity contribution is 8.15. The molecule has 1 aliphatic rings. The van der Waals surface area contributed by atoms with Gasteiger partial charge in [-0.15, -0.1) is 0 Å². The first-order valence-electron chi connectivity index (χ1n) is 8.97. The summed E-state index contributed by atoms with van der Waals surface area (Å²) in [4.78, 5) is 31.5. The van der Waals surface area contributed by atoms with E-state index in [-0.39, 0.29) is 18.2 Å². The number of thioether (sulfide) groups is 1. The van der Waals surface area contributed by atoms with Crippen LogP contribution in [0.5, 0.6) is 0 Å². The number of amidine groups is 1. The number of nitrogens with zero attached hydrogens (tertiary/aromatic N) is 2. The number of carbonyl (C=O) groups is 2. The van der Waals surface area contributed by atoms with Crippen molar-refractivity contribution >= 4 is 40.1 Å². The van der Waals surface area contributed by atoms with Crippen LogP contribution in [0.3, 0.4) is 0 Å². The van der Waals surface area contributed by atoms with E-state index in [0.29, 0.717) is 11.7 Å². The molecule has 2 aromatic carbocycles. The van der Waals surface area contributed by atoms with E-state index in [1.54, 1.807) is 4.90 Å². The van der Waals surface area contributed by atoms with Gasteiger partial charge in [-0.25, -0.2) is 4.99 Å². The number of nitrogens with one attached hydrogen (secondary N) is 1. The maximum absolute atomic E-state index is 12.6. The molecule has 0 spiro atoms. The summed E-state index contributed by atoms with van der Waals surface area (Å²) in [6.45, 7) is 6.53. The van der Waals surface area contributed by atoms with Crippen LogP contribution in [0.1, 0.15) is 24.5 Å². The van der Waals surface area contributed by atoms with E-state index < -0.39 is 5.25 Å². The van der Waals surface area contributed by atoms with Crippen molar-refractivity contribution < 1.29 is 9.59 Å². The summed E-state index contributed by atoms with van der Waals surface area (Å²) in [5.41, 5.74) is 3.85. The van der Waals surface area contributed by atoms with Crippen molar-refractivity contribution in [1.29, 1.82) is 0 Å². The van der Waals surface area contributed by atoms with Crippen LogP contribution in [-0.4, -0.2) is 33.7 Å². The van der Waals surface area contributed by atoms with Gasteiger partial charge in [0.1, 0.15) is 5.25 Å². The van der Waals surface area contributed by atoms with Gasteiger partial charge in [0.2, 0.25) is 11.8 Å². The highest BCUT2D eigenvalue weighted by atomic mass is 32.2. The Hall–Kier alpha value is -2.60. The van der Waals surface area contributed by atoms with Gasteiger partial charge in [-0.2, -0.15) is 0 Å². The Morgan fingerprint density at radius 3 is 2.59 bits per heavy atom. The number of hydrogen-bond acceptors (Lipinski definition) is 4. The van der Waals surface area contributed by atoms with E-state index in [1.165, 1.54) is 17.3 Å². The van der Waals surface area contributed by atoms with Crippen LogP contribution in [0.4, 0.5) is 11.4 Å². The van der Waals surface area contributed by atoms with E-state index in [1.807, 2.05) is 69.3 Å². The summed E-state index contributed by atoms with van der Waals surface area (Å²) in [6.07, 6.45) is 0.170. The summed E-state index contributed by atoms with van der Waals surface area (Å²) in [6, 6.07) is 15.2. The normalized spacial score (nSPS) is 18.6. The zero-order valence-electron chi connectivity index (χ0n) is 15.7. The second-order valence-corrected chi connectivity index (χ2v) is 7.64. The molecule has 1 atom stereocenters. The van der Waals surface area contributed by atoms with Gasteiger partial charge in [0.05, 0.1) is 5.69 Å². The van der Waals surface area contributed by atoms with E-state index in [9.17, 15) is 9.59 Å². The Bertz CT molecular complexity index is 880. The molecule has 6 heteroatoms. The van der Waals surface area contributed by atoms with Crippen molar-refractivity contribution in [2.75, 3.05) is 11.9 Å². The van der Waals surface area contributed by atoms with Crippen LogP contribution in [0.25, 0.3) is 0 Å². The fraction of sp³-hybridized carbons (Fsp3) is 0.286. The fourth-order valence-corrected chi connectivity index (χ4v) is 3.96. The molecule has 1 N–H and O–H groups in total. The number of amides is 2. The number of para-hydroxylation sites is 1. The Kier molecular flexibility index (Phi) is 5.96. The Morgan fingerprint density at radius 1 is 1.19 bits per heavy atom. The lowest BCUT2D eigenvalue weighted by atomic mass is 10.1. The third-order valence-electron chi connectivity index (χ3n) is 4.50. The number of anilines is 1. The minimum atomic E-state index is -0.495. The number of benzene rings is 2. The first-order chi connectivity index (χ1) is 13.0. The molecule has 1 saturated heterocycles. The van der Waals surface area contributed by atoms with Crippen molar-refractivity contribution in [2.45, 2.75) is 32.4 Å². The maximum Gasteiger partial charge on any atom is 0.238 e. The predicted octanol–water partition coefficient (Wildman–Crippen LogP) is 4.28.